The highest BCUT2D eigenvalue weighted by molar-refractivity contribution is 6.35. The van der Waals surface area contributed by atoms with E-state index in [4.69, 9.17) is 27.6 Å². The third-order valence-electron chi connectivity index (χ3n) is 3.76. The average Bonchev–Trinajstić information content (AvgIpc) is 3.07. The van der Waals surface area contributed by atoms with Gasteiger partial charge in [0.1, 0.15) is 5.76 Å². The molecule has 134 valence electrons. The molecule has 0 atom stereocenters. The standard InChI is InChI=1S/C18H20Cl2N2O3/c1-13(23)22(8-6-14-4-5-15(19)11-17(14)20)9-7-18(24)21-12-16-3-2-10-25-16/h2-5,10-11H,6-9,12H2,1H3,(H,21,24). The number of hydrogen-bond donors (Lipinski definition) is 1. The molecular formula is C18H20Cl2N2O3. The summed E-state index contributed by atoms with van der Waals surface area (Å²) >= 11 is 12.0. The molecule has 25 heavy (non-hydrogen) atoms. The van der Waals surface area contributed by atoms with Gasteiger partial charge in [-0.1, -0.05) is 29.3 Å². The lowest BCUT2D eigenvalue weighted by Gasteiger charge is -2.21. The predicted molar refractivity (Wildman–Crippen MR) is 97.6 cm³/mol. The monoisotopic (exact) mass is 382 g/mol. The maximum Gasteiger partial charge on any atom is 0.222 e. The Morgan fingerprint density at radius 1 is 1.20 bits per heavy atom. The Hall–Kier alpha value is -1.98. The Balaban J connectivity index is 1.79. The Kier molecular flexibility index (Phi) is 7.34. The highest BCUT2D eigenvalue weighted by Gasteiger charge is 2.12. The van der Waals surface area contributed by atoms with Crippen LogP contribution >= 0.6 is 23.2 Å². The molecule has 2 rings (SSSR count). The van der Waals surface area contributed by atoms with Crippen molar-refractivity contribution in [2.45, 2.75) is 26.3 Å². The zero-order valence-corrected chi connectivity index (χ0v) is 15.4. The molecule has 2 aromatic rings. The molecule has 0 radical (unpaired) electrons. The van der Waals surface area contributed by atoms with Crippen molar-refractivity contribution in [2.24, 2.45) is 0 Å². The van der Waals surface area contributed by atoms with Crippen LogP contribution < -0.4 is 5.32 Å². The van der Waals surface area contributed by atoms with E-state index in [1.807, 2.05) is 6.07 Å². The summed E-state index contributed by atoms with van der Waals surface area (Å²) in [5.74, 6) is 0.477. The molecule has 1 N–H and O–H groups in total. The first kappa shape index (κ1) is 19.3. The lowest BCUT2D eigenvalue weighted by molar-refractivity contribution is -0.129. The van der Waals surface area contributed by atoms with Gasteiger partial charge >= 0.3 is 0 Å². The minimum Gasteiger partial charge on any atom is -0.467 e. The summed E-state index contributed by atoms with van der Waals surface area (Å²) in [5.41, 5.74) is 0.916. The number of nitrogens with zero attached hydrogens (tertiary/aromatic N) is 1. The Morgan fingerprint density at radius 3 is 2.64 bits per heavy atom. The third kappa shape index (κ3) is 6.44. The molecule has 1 heterocycles. The van der Waals surface area contributed by atoms with Crippen molar-refractivity contribution in [2.75, 3.05) is 13.1 Å². The quantitative estimate of drug-likeness (QED) is 0.757. The molecule has 0 bridgehead atoms. The minimum atomic E-state index is -0.132. The highest BCUT2D eigenvalue weighted by Crippen LogP contribution is 2.21. The molecule has 0 aliphatic rings. The van der Waals surface area contributed by atoms with Gasteiger partial charge in [-0.2, -0.15) is 0 Å². The summed E-state index contributed by atoms with van der Waals surface area (Å²) in [5, 5.41) is 3.91. The fraction of sp³-hybridized carbons (Fsp3) is 0.333. The van der Waals surface area contributed by atoms with Crippen LogP contribution in [0.15, 0.2) is 41.0 Å². The highest BCUT2D eigenvalue weighted by atomic mass is 35.5. The Labute approximate surface area is 156 Å². The molecule has 0 unspecified atom stereocenters. The Bertz CT molecular complexity index is 717. The topological polar surface area (TPSA) is 62.6 Å². The molecule has 1 aromatic carbocycles. The van der Waals surface area contributed by atoms with Gasteiger partial charge in [0.2, 0.25) is 11.8 Å². The third-order valence-corrected chi connectivity index (χ3v) is 4.35. The second kappa shape index (κ2) is 9.49. The zero-order chi connectivity index (χ0) is 18.2. The van der Waals surface area contributed by atoms with Crippen LogP contribution in [0, 0.1) is 0 Å². The first-order valence-electron chi connectivity index (χ1n) is 7.94. The van der Waals surface area contributed by atoms with E-state index in [9.17, 15) is 9.59 Å². The van der Waals surface area contributed by atoms with Gasteiger partial charge in [0.15, 0.2) is 0 Å². The van der Waals surface area contributed by atoms with Crippen molar-refractivity contribution in [3.63, 3.8) is 0 Å². The molecule has 0 fully saturated rings. The molecular weight excluding hydrogens is 363 g/mol. The molecule has 0 aliphatic carbocycles. The molecule has 2 amide bonds. The van der Waals surface area contributed by atoms with Crippen molar-refractivity contribution < 1.29 is 14.0 Å². The smallest absolute Gasteiger partial charge is 0.222 e. The number of furan rings is 1. The summed E-state index contributed by atoms with van der Waals surface area (Å²) < 4.78 is 5.15. The molecule has 7 heteroatoms. The molecule has 0 saturated heterocycles. The van der Waals surface area contributed by atoms with Crippen molar-refractivity contribution in [1.82, 2.24) is 10.2 Å². The van der Waals surface area contributed by atoms with Crippen LogP contribution in [-0.2, 0) is 22.6 Å². The molecule has 1 aromatic heterocycles. The van der Waals surface area contributed by atoms with Crippen LogP contribution in [0.25, 0.3) is 0 Å². The molecule has 0 spiro atoms. The van der Waals surface area contributed by atoms with E-state index in [-0.39, 0.29) is 18.2 Å². The van der Waals surface area contributed by atoms with E-state index in [1.165, 1.54) is 6.92 Å². The molecule has 0 aliphatic heterocycles. The fourth-order valence-electron chi connectivity index (χ4n) is 2.33. The van der Waals surface area contributed by atoms with E-state index in [0.717, 1.165) is 5.56 Å². The number of amides is 2. The van der Waals surface area contributed by atoms with Crippen LogP contribution in [0.4, 0.5) is 0 Å². The van der Waals surface area contributed by atoms with Crippen molar-refractivity contribution in [3.8, 4) is 0 Å². The van der Waals surface area contributed by atoms with E-state index in [2.05, 4.69) is 5.32 Å². The van der Waals surface area contributed by atoms with Gasteiger partial charge in [-0.05, 0) is 36.2 Å². The van der Waals surface area contributed by atoms with Crippen LogP contribution in [0.3, 0.4) is 0 Å². The lowest BCUT2D eigenvalue weighted by atomic mass is 10.1. The van der Waals surface area contributed by atoms with E-state index in [1.54, 1.807) is 35.4 Å². The van der Waals surface area contributed by atoms with Crippen LogP contribution in [-0.4, -0.2) is 29.8 Å². The average molecular weight is 383 g/mol. The number of halogens is 2. The van der Waals surface area contributed by atoms with Gasteiger partial charge in [-0.25, -0.2) is 0 Å². The Morgan fingerprint density at radius 2 is 2.00 bits per heavy atom. The summed E-state index contributed by atoms with van der Waals surface area (Å²) in [4.78, 5) is 25.3. The molecule has 0 saturated carbocycles. The van der Waals surface area contributed by atoms with E-state index in [0.29, 0.717) is 41.9 Å². The fourth-order valence-corrected chi connectivity index (χ4v) is 2.83. The second-order valence-corrected chi connectivity index (χ2v) is 6.44. The van der Waals surface area contributed by atoms with Gasteiger partial charge in [0.25, 0.3) is 0 Å². The van der Waals surface area contributed by atoms with Crippen molar-refractivity contribution in [1.29, 1.82) is 0 Å². The summed E-state index contributed by atoms with van der Waals surface area (Å²) in [7, 11) is 0. The summed E-state index contributed by atoms with van der Waals surface area (Å²) in [6, 6.07) is 8.85. The lowest BCUT2D eigenvalue weighted by Crippen LogP contribution is -2.35. The van der Waals surface area contributed by atoms with Gasteiger partial charge in [0, 0.05) is 36.5 Å². The number of hydrogen-bond acceptors (Lipinski definition) is 3. The van der Waals surface area contributed by atoms with Crippen molar-refractivity contribution in [3.05, 3.63) is 58.0 Å². The van der Waals surface area contributed by atoms with Crippen molar-refractivity contribution >= 4 is 35.0 Å². The SMILES string of the molecule is CC(=O)N(CCC(=O)NCc1ccco1)CCc1ccc(Cl)cc1Cl. The number of rotatable bonds is 8. The number of carbonyl (C=O) groups is 2. The van der Waals surface area contributed by atoms with E-state index < -0.39 is 0 Å². The maximum absolute atomic E-state index is 11.9. The zero-order valence-electron chi connectivity index (χ0n) is 13.9. The van der Waals surface area contributed by atoms with Gasteiger partial charge in [0.05, 0.1) is 12.8 Å². The number of carbonyl (C=O) groups excluding carboxylic acids is 2. The normalized spacial score (nSPS) is 10.5. The maximum atomic E-state index is 11.9. The summed E-state index contributed by atoms with van der Waals surface area (Å²) in [6.07, 6.45) is 2.39. The van der Waals surface area contributed by atoms with Crippen LogP contribution in [0.1, 0.15) is 24.7 Å². The summed E-state index contributed by atoms with van der Waals surface area (Å²) in [6.45, 7) is 2.67. The minimum absolute atomic E-state index is 0.0797. The van der Waals surface area contributed by atoms with Crippen LogP contribution in [0.5, 0.6) is 0 Å². The molecule has 5 nitrogen and oxygen atoms in total. The first-order chi connectivity index (χ1) is 12.0. The van der Waals surface area contributed by atoms with Gasteiger partial charge in [-0.3, -0.25) is 9.59 Å². The number of nitrogens with one attached hydrogen (secondary N) is 1. The predicted octanol–water partition coefficient (Wildman–Crippen LogP) is 3.68. The number of benzene rings is 1. The second-order valence-electron chi connectivity index (χ2n) is 5.60. The van der Waals surface area contributed by atoms with E-state index >= 15 is 0 Å². The van der Waals surface area contributed by atoms with Gasteiger partial charge < -0.3 is 14.6 Å². The largest absolute Gasteiger partial charge is 0.467 e. The first-order valence-corrected chi connectivity index (χ1v) is 8.70. The van der Waals surface area contributed by atoms with Gasteiger partial charge in [-0.15, -0.1) is 0 Å². The van der Waals surface area contributed by atoms with Crippen LogP contribution in [0.2, 0.25) is 10.0 Å².